The third kappa shape index (κ3) is 3.78. The third-order valence-corrected chi connectivity index (χ3v) is 4.83. The molecule has 0 aliphatic heterocycles. The summed E-state index contributed by atoms with van der Waals surface area (Å²) in [7, 11) is 0. The third-order valence-electron chi connectivity index (χ3n) is 4.33. The van der Waals surface area contributed by atoms with Crippen molar-refractivity contribution < 1.29 is 9.21 Å². The van der Waals surface area contributed by atoms with E-state index >= 15 is 0 Å². The predicted octanol–water partition coefficient (Wildman–Crippen LogP) is 5.50. The van der Waals surface area contributed by atoms with E-state index in [-0.39, 0.29) is 5.91 Å². The molecular formula is C22H17BrN2O2. The van der Waals surface area contributed by atoms with Gasteiger partial charge in [-0.1, -0.05) is 39.7 Å². The Bertz CT molecular complexity index is 1120. The first-order valence-electron chi connectivity index (χ1n) is 8.58. The number of pyridine rings is 1. The van der Waals surface area contributed by atoms with Crippen molar-refractivity contribution in [2.45, 2.75) is 13.5 Å². The van der Waals surface area contributed by atoms with Crippen LogP contribution in [0, 0.1) is 6.92 Å². The van der Waals surface area contributed by atoms with Gasteiger partial charge < -0.3 is 9.73 Å². The van der Waals surface area contributed by atoms with Crippen LogP contribution < -0.4 is 5.32 Å². The maximum absolute atomic E-state index is 12.9. The van der Waals surface area contributed by atoms with Gasteiger partial charge in [0.15, 0.2) is 0 Å². The van der Waals surface area contributed by atoms with Crippen molar-refractivity contribution in [2.75, 3.05) is 0 Å². The molecule has 2 heterocycles. The van der Waals surface area contributed by atoms with Gasteiger partial charge in [-0.2, -0.15) is 0 Å². The average Bonchev–Trinajstić information content (AvgIpc) is 3.19. The summed E-state index contributed by atoms with van der Waals surface area (Å²) in [5.41, 5.74) is 4.27. The summed E-state index contributed by atoms with van der Waals surface area (Å²) in [6, 6.07) is 19.4. The molecule has 0 saturated heterocycles. The topological polar surface area (TPSA) is 55.1 Å². The van der Waals surface area contributed by atoms with E-state index in [9.17, 15) is 4.79 Å². The molecular weight excluding hydrogens is 404 g/mol. The fourth-order valence-electron chi connectivity index (χ4n) is 3.01. The summed E-state index contributed by atoms with van der Waals surface area (Å²) in [5.74, 6) is 0.549. The van der Waals surface area contributed by atoms with Crippen LogP contribution in [0.2, 0.25) is 0 Å². The van der Waals surface area contributed by atoms with Crippen LogP contribution in [0.15, 0.2) is 75.8 Å². The summed E-state index contributed by atoms with van der Waals surface area (Å²) in [5, 5.41) is 3.73. The SMILES string of the molecule is Cc1cccc(-c2cc(C(=O)NCc3ccco3)c3cc(Br)ccc3n2)c1. The standard InChI is InChI=1S/C22H17BrN2O2/c1-14-4-2-5-15(10-14)21-12-19(18-11-16(23)7-8-20(18)25-21)22(26)24-13-17-6-3-9-27-17/h2-12H,13H2,1H3,(H,24,26). The van der Waals surface area contributed by atoms with Gasteiger partial charge in [-0.15, -0.1) is 0 Å². The molecule has 2 aromatic carbocycles. The summed E-state index contributed by atoms with van der Waals surface area (Å²) >= 11 is 3.48. The van der Waals surface area contributed by atoms with Crippen molar-refractivity contribution in [3.63, 3.8) is 0 Å². The molecule has 2 aromatic heterocycles. The van der Waals surface area contributed by atoms with Crippen LogP contribution in [0.4, 0.5) is 0 Å². The van der Waals surface area contributed by atoms with E-state index in [0.717, 1.165) is 32.2 Å². The normalized spacial score (nSPS) is 10.9. The Morgan fingerprint density at radius 2 is 2.00 bits per heavy atom. The Balaban J connectivity index is 1.78. The first-order chi connectivity index (χ1) is 13.1. The van der Waals surface area contributed by atoms with Gasteiger partial charge in [-0.05, 0) is 49.4 Å². The van der Waals surface area contributed by atoms with E-state index in [1.165, 1.54) is 0 Å². The highest BCUT2D eigenvalue weighted by Crippen LogP contribution is 2.27. The van der Waals surface area contributed by atoms with E-state index in [2.05, 4.69) is 27.3 Å². The van der Waals surface area contributed by atoms with E-state index < -0.39 is 0 Å². The minimum atomic E-state index is -0.161. The van der Waals surface area contributed by atoms with Crippen LogP contribution in [0.1, 0.15) is 21.7 Å². The molecule has 4 rings (SSSR count). The molecule has 1 N–H and O–H groups in total. The monoisotopic (exact) mass is 420 g/mol. The lowest BCUT2D eigenvalue weighted by Crippen LogP contribution is -2.23. The molecule has 0 radical (unpaired) electrons. The van der Waals surface area contributed by atoms with E-state index in [4.69, 9.17) is 9.40 Å². The number of rotatable bonds is 4. The Kier molecular flexibility index (Phi) is 4.77. The number of hydrogen-bond donors (Lipinski definition) is 1. The van der Waals surface area contributed by atoms with Crippen molar-refractivity contribution in [3.8, 4) is 11.3 Å². The first kappa shape index (κ1) is 17.5. The lowest BCUT2D eigenvalue weighted by Gasteiger charge is -2.11. The lowest BCUT2D eigenvalue weighted by atomic mass is 10.0. The predicted molar refractivity (Wildman–Crippen MR) is 109 cm³/mol. The molecule has 1 amide bonds. The minimum Gasteiger partial charge on any atom is -0.467 e. The van der Waals surface area contributed by atoms with Gasteiger partial charge in [0.2, 0.25) is 0 Å². The Morgan fingerprint density at radius 1 is 1.11 bits per heavy atom. The van der Waals surface area contributed by atoms with Crippen molar-refractivity contribution >= 4 is 32.7 Å². The maximum Gasteiger partial charge on any atom is 0.252 e. The average molecular weight is 421 g/mol. The lowest BCUT2D eigenvalue weighted by molar-refractivity contribution is 0.0949. The quantitative estimate of drug-likeness (QED) is 0.474. The number of carbonyl (C=O) groups excluding carboxylic acids is 1. The van der Waals surface area contributed by atoms with Crippen LogP contribution in [0.3, 0.4) is 0 Å². The molecule has 4 nitrogen and oxygen atoms in total. The number of nitrogens with one attached hydrogen (secondary N) is 1. The highest BCUT2D eigenvalue weighted by atomic mass is 79.9. The fourth-order valence-corrected chi connectivity index (χ4v) is 3.38. The molecule has 0 bridgehead atoms. The number of aromatic nitrogens is 1. The smallest absolute Gasteiger partial charge is 0.252 e. The van der Waals surface area contributed by atoms with E-state index in [1.807, 2.05) is 55.5 Å². The number of aryl methyl sites for hydroxylation is 1. The largest absolute Gasteiger partial charge is 0.467 e. The zero-order valence-corrected chi connectivity index (χ0v) is 16.3. The van der Waals surface area contributed by atoms with Gasteiger partial charge in [0.1, 0.15) is 5.76 Å². The van der Waals surface area contributed by atoms with Gasteiger partial charge in [-0.3, -0.25) is 4.79 Å². The minimum absolute atomic E-state index is 0.161. The molecule has 0 aliphatic carbocycles. The van der Waals surface area contributed by atoms with Gasteiger partial charge in [0.25, 0.3) is 5.91 Å². The van der Waals surface area contributed by atoms with Crippen LogP contribution in [-0.2, 0) is 6.54 Å². The number of fused-ring (bicyclic) bond motifs is 1. The van der Waals surface area contributed by atoms with Crippen molar-refractivity contribution in [2.24, 2.45) is 0 Å². The first-order valence-corrected chi connectivity index (χ1v) is 9.37. The zero-order valence-electron chi connectivity index (χ0n) is 14.7. The molecule has 0 atom stereocenters. The van der Waals surface area contributed by atoms with Gasteiger partial charge in [-0.25, -0.2) is 4.98 Å². The maximum atomic E-state index is 12.9. The van der Waals surface area contributed by atoms with Crippen LogP contribution in [0.25, 0.3) is 22.2 Å². The summed E-state index contributed by atoms with van der Waals surface area (Å²) in [4.78, 5) is 17.7. The number of nitrogens with zero attached hydrogens (tertiary/aromatic N) is 1. The zero-order chi connectivity index (χ0) is 18.8. The van der Waals surface area contributed by atoms with Crippen LogP contribution in [0.5, 0.6) is 0 Å². The van der Waals surface area contributed by atoms with Crippen LogP contribution >= 0.6 is 15.9 Å². The van der Waals surface area contributed by atoms with Crippen molar-refractivity contribution in [1.29, 1.82) is 0 Å². The van der Waals surface area contributed by atoms with Crippen molar-refractivity contribution in [1.82, 2.24) is 10.3 Å². The van der Waals surface area contributed by atoms with Gasteiger partial charge in [0, 0.05) is 15.4 Å². The van der Waals surface area contributed by atoms with Crippen LogP contribution in [-0.4, -0.2) is 10.9 Å². The van der Waals surface area contributed by atoms with Crippen molar-refractivity contribution in [3.05, 3.63) is 88.3 Å². The molecule has 27 heavy (non-hydrogen) atoms. The fraction of sp³-hybridized carbons (Fsp3) is 0.0909. The molecule has 0 unspecified atom stereocenters. The Labute approximate surface area is 165 Å². The molecule has 0 aliphatic rings. The highest BCUT2D eigenvalue weighted by Gasteiger charge is 2.15. The number of halogens is 1. The summed E-state index contributed by atoms with van der Waals surface area (Å²) in [6.07, 6.45) is 1.59. The van der Waals surface area contributed by atoms with Gasteiger partial charge in [0.05, 0.1) is 29.6 Å². The molecule has 0 spiro atoms. The highest BCUT2D eigenvalue weighted by molar-refractivity contribution is 9.10. The molecule has 4 aromatic rings. The van der Waals surface area contributed by atoms with E-state index in [0.29, 0.717) is 17.9 Å². The second-order valence-electron chi connectivity index (χ2n) is 6.35. The summed E-state index contributed by atoms with van der Waals surface area (Å²) < 4.78 is 6.20. The number of hydrogen-bond acceptors (Lipinski definition) is 3. The summed E-state index contributed by atoms with van der Waals surface area (Å²) in [6.45, 7) is 2.38. The number of carbonyl (C=O) groups is 1. The van der Waals surface area contributed by atoms with Gasteiger partial charge >= 0.3 is 0 Å². The van der Waals surface area contributed by atoms with E-state index in [1.54, 1.807) is 12.3 Å². The Hall–Kier alpha value is -2.92. The second kappa shape index (κ2) is 7.37. The molecule has 134 valence electrons. The molecule has 0 fully saturated rings. The molecule has 5 heteroatoms. The number of amides is 1. The second-order valence-corrected chi connectivity index (χ2v) is 7.26. The Morgan fingerprint density at radius 3 is 2.78 bits per heavy atom. The number of furan rings is 1. The molecule has 0 saturated carbocycles. The number of benzene rings is 2.